The zero-order valence-corrected chi connectivity index (χ0v) is 15.8. The lowest BCUT2D eigenvalue weighted by atomic mass is 10.2. The zero-order chi connectivity index (χ0) is 21.1. The van der Waals surface area contributed by atoms with Crippen molar-refractivity contribution in [2.75, 3.05) is 0 Å². The van der Waals surface area contributed by atoms with Crippen LogP contribution in [0.4, 0.5) is 13.2 Å². The molecule has 2 amide bonds. The summed E-state index contributed by atoms with van der Waals surface area (Å²) in [5.41, 5.74) is -1.29. The molecular formula is C17H14ClF3N2O4S. The Balaban J connectivity index is 2.23. The Kier molecular flexibility index (Phi) is 6.35. The van der Waals surface area contributed by atoms with Gasteiger partial charge in [-0.05, 0) is 31.2 Å². The van der Waals surface area contributed by atoms with Crippen molar-refractivity contribution in [1.82, 2.24) is 10.0 Å². The first-order valence-electron chi connectivity index (χ1n) is 7.72. The third-order valence-electron chi connectivity index (χ3n) is 3.55. The molecule has 6 nitrogen and oxygen atoms in total. The van der Waals surface area contributed by atoms with Crippen LogP contribution in [0.3, 0.4) is 0 Å². The molecule has 2 aromatic rings. The van der Waals surface area contributed by atoms with Crippen molar-refractivity contribution in [3.05, 3.63) is 64.7 Å². The number of carbonyl (C=O) groups is 2. The molecular weight excluding hydrogens is 421 g/mol. The van der Waals surface area contributed by atoms with Gasteiger partial charge in [-0.25, -0.2) is 13.1 Å². The van der Waals surface area contributed by atoms with Gasteiger partial charge in [-0.15, -0.1) is 0 Å². The first-order valence-corrected chi connectivity index (χ1v) is 9.58. The van der Waals surface area contributed by atoms with E-state index in [9.17, 15) is 31.2 Å². The molecule has 0 saturated carbocycles. The maximum absolute atomic E-state index is 13.1. The highest BCUT2D eigenvalue weighted by Gasteiger charge is 2.39. The number of rotatable bonds is 5. The van der Waals surface area contributed by atoms with Gasteiger partial charge in [0.2, 0.25) is 0 Å². The zero-order valence-electron chi connectivity index (χ0n) is 14.2. The summed E-state index contributed by atoms with van der Waals surface area (Å²) >= 11 is 5.65. The van der Waals surface area contributed by atoms with Gasteiger partial charge in [0.1, 0.15) is 10.9 Å². The minimum absolute atomic E-state index is 0.218. The van der Waals surface area contributed by atoms with Crippen LogP contribution in [0.15, 0.2) is 53.4 Å². The van der Waals surface area contributed by atoms with Gasteiger partial charge in [0, 0.05) is 5.56 Å². The van der Waals surface area contributed by atoms with E-state index in [1.54, 1.807) is 18.2 Å². The van der Waals surface area contributed by atoms with Crippen LogP contribution in [-0.2, 0) is 21.0 Å². The monoisotopic (exact) mass is 434 g/mol. The molecule has 0 aliphatic heterocycles. The van der Waals surface area contributed by atoms with Gasteiger partial charge in [-0.3, -0.25) is 9.59 Å². The molecule has 11 heteroatoms. The number of nitrogens with one attached hydrogen (secondary N) is 2. The maximum Gasteiger partial charge on any atom is 0.417 e. The first kappa shape index (κ1) is 21.7. The van der Waals surface area contributed by atoms with Crippen LogP contribution in [0.2, 0.25) is 5.02 Å². The lowest BCUT2D eigenvalue weighted by Crippen LogP contribution is -2.46. The van der Waals surface area contributed by atoms with E-state index in [4.69, 9.17) is 11.6 Å². The summed E-state index contributed by atoms with van der Waals surface area (Å²) in [7, 11) is -4.95. The predicted octanol–water partition coefficient (Wildman–Crippen LogP) is 2.98. The number of carbonyl (C=O) groups excluding carboxylic acids is 2. The van der Waals surface area contributed by atoms with Crippen molar-refractivity contribution in [3.8, 4) is 0 Å². The number of benzene rings is 2. The van der Waals surface area contributed by atoms with E-state index in [1.165, 1.54) is 23.8 Å². The Hall–Kier alpha value is -2.59. The van der Waals surface area contributed by atoms with Gasteiger partial charge in [-0.1, -0.05) is 35.9 Å². The predicted molar refractivity (Wildman–Crippen MR) is 95.2 cm³/mol. The molecule has 0 fully saturated rings. The highest BCUT2D eigenvalue weighted by Crippen LogP contribution is 2.37. The van der Waals surface area contributed by atoms with Crippen LogP contribution in [-0.4, -0.2) is 26.3 Å². The van der Waals surface area contributed by atoms with Crippen molar-refractivity contribution in [2.45, 2.75) is 24.0 Å². The van der Waals surface area contributed by atoms with Crippen LogP contribution in [0.25, 0.3) is 0 Å². The first-order chi connectivity index (χ1) is 12.9. The molecule has 0 aliphatic rings. The minimum Gasteiger partial charge on any atom is -0.340 e. The Morgan fingerprint density at radius 1 is 1.04 bits per heavy atom. The second-order valence-electron chi connectivity index (χ2n) is 5.65. The third-order valence-corrected chi connectivity index (χ3v) is 5.43. The normalized spacial score (nSPS) is 12.9. The number of amides is 2. The molecule has 1 atom stereocenters. The van der Waals surface area contributed by atoms with Crippen molar-refractivity contribution in [2.24, 2.45) is 0 Å². The molecule has 2 rings (SSSR count). The number of alkyl halides is 3. The van der Waals surface area contributed by atoms with E-state index < -0.39 is 49.5 Å². The van der Waals surface area contributed by atoms with E-state index in [2.05, 4.69) is 5.32 Å². The number of hydrogen-bond acceptors (Lipinski definition) is 4. The summed E-state index contributed by atoms with van der Waals surface area (Å²) in [6.45, 7) is 1.18. The van der Waals surface area contributed by atoms with Crippen LogP contribution >= 0.6 is 11.6 Å². The fourth-order valence-electron chi connectivity index (χ4n) is 2.21. The van der Waals surface area contributed by atoms with Crippen molar-refractivity contribution >= 4 is 33.4 Å². The van der Waals surface area contributed by atoms with Crippen molar-refractivity contribution in [1.29, 1.82) is 0 Å². The molecule has 0 heterocycles. The highest BCUT2D eigenvalue weighted by atomic mass is 35.5. The molecule has 0 bridgehead atoms. The largest absolute Gasteiger partial charge is 0.417 e. The topological polar surface area (TPSA) is 92.3 Å². The van der Waals surface area contributed by atoms with Gasteiger partial charge >= 0.3 is 6.18 Å². The summed E-state index contributed by atoms with van der Waals surface area (Å²) in [5.74, 6) is -1.88. The Morgan fingerprint density at radius 2 is 1.64 bits per heavy atom. The van der Waals surface area contributed by atoms with Crippen molar-refractivity contribution in [3.63, 3.8) is 0 Å². The van der Waals surface area contributed by atoms with Crippen LogP contribution in [0, 0.1) is 0 Å². The minimum atomic E-state index is -5.01. The van der Waals surface area contributed by atoms with Gasteiger partial charge in [-0.2, -0.15) is 13.2 Å². The van der Waals surface area contributed by atoms with E-state index in [1.807, 2.05) is 0 Å². The summed E-state index contributed by atoms with van der Waals surface area (Å²) in [6.07, 6.45) is -5.01. The molecule has 2 aromatic carbocycles. The van der Waals surface area contributed by atoms with E-state index >= 15 is 0 Å². The third kappa shape index (κ3) is 5.02. The summed E-state index contributed by atoms with van der Waals surface area (Å²) in [5, 5.41) is 1.56. The standard InChI is InChI=1S/C17H14ClF3N2O4S/c1-10(22-16(25)11-6-3-2-4-7-11)15(24)23-28(26,27)14-12(17(19,20)21)8-5-9-13(14)18/h2-10H,1H3,(H,22,25)(H,23,24). The van der Waals surface area contributed by atoms with Crippen LogP contribution in [0.1, 0.15) is 22.8 Å². The summed E-state index contributed by atoms with van der Waals surface area (Å²) in [4.78, 5) is 22.9. The summed E-state index contributed by atoms with van der Waals surface area (Å²) in [6, 6.07) is 8.85. The quantitative estimate of drug-likeness (QED) is 0.756. The number of sulfonamides is 1. The molecule has 0 aliphatic carbocycles. The van der Waals surface area contributed by atoms with Crippen molar-refractivity contribution < 1.29 is 31.2 Å². The van der Waals surface area contributed by atoms with Crippen LogP contribution < -0.4 is 10.0 Å². The van der Waals surface area contributed by atoms with E-state index in [0.29, 0.717) is 6.07 Å². The van der Waals surface area contributed by atoms with E-state index in [0.717, 1.165) is 12.1 Å². The Bertz CT molecular complexity index is 995. The molecule has 0 aromatic heterocycles. The Labute approximate surface area is 163 Å². The second kappa shape index (κ2) is 8.19. The molecule has 28 heavy (non-hydrogen) atoms. The van der Waals surface area contributed by atoms with Gasteiger partial charge in [0.05, 0.1) is 10.6 Å². The average molecular weight is 435 g/mol. The SMILES string of the molecule is CC(NC(=O)c1ccccc1)C(=O)NS(=O)(=O)c1c(Cl)cccc1C(F)(F)F. The molecule has 0 radical (unpaired) electrons. The summed E-state index contributed by atoms with van der Waals surface area (Å²) < 4.78 is 65.6. The maximum atomic E-state index is 13.1. The fraction of sp³-hybridized carbons (Fsp3) is 0.176. The number of hydrogen-bond donors (Lipinski definition) is 2. The fourth-order valence-corrected chi connectivity index (χ4v) is 4.03. The second-order valence-corrected chi connectivity index (χ2v) is 7.67. The molecule has 2 N–H and O–H groups in total. The smallest absolute Gasteiger partial charge is 0.340 e. The lowest BCUT2D eigenvalue weighted by molar-refractivity contribution is -0.140. The van der Waals surface area contributed by atoms with E-state index in [-0.39, 0.29) is 5.56 Å². The molecule has 0 spiro atoms. The van der Waals surface area contributed by atoms with Gasteiger partial charge in [0.25, 0.3) is 21.8 Å². The average Bonchev–Trinajstić information content (AvgIpc) is 2.60. The van der Waals surface area contributed by atoms with Crippen LogP contribution in [0.5, 0.6) is 0 Å². The van der Waals surface area contributed by atoms with Gasteiger partial charge < -0.3 is 5.32 Å². The molecule has 0 saturated heterocycles. The molecule has 150 valence electrons. The van der Waals surface area contributed by atoms with Gasteiger partial charge in [0.15, 0.2) is 0 Å². The molecule has 1 unspecified atom stereocenters. The number of halogens is 4. The lowest BCUT2D eigenvalue weighted by Gasteiger charge is -2.17. The highest BCUT2D eigenvalue weighted by molar-refractivity contribution is 7.90. The Morgan fingerprint density at radius 3 is 2.21 bits per heavy atom.